The van der Waals surface area contributed by atoms with Gasteiger partial charge in [-0.1, -0.05) is 74.8 Å². The fourth-order valence-corrected chi connectivity index (χ4v) is 4.70. The van der Waals surface area contributed by atoms with E-state index in [1.165, 1.54) is 6.21 Å². The molecular formula is C26H26ClN3O2S. The van der Waals surface area contributed by atoms with Crippen LogP contribution in [0.2, 0.25) is 5.02 Å². The Morgan fingerprint density at radius 1 is 1.00 bits per heavy atom. The number of hydrazone groups is 1. The van der Waals surface area contributed by atoms with E-state index in [9.17, 15) is 8.42 Å². The van der Waals surface area contributed by atoms with Gasteiger partial charge < -0.3 is 4.57 Å². The average molecular weight is 480 g/mol. The third-order valence-corrected chi connectivity index (χ3v) is 6.94. The zero-order valence-corrected chi connectivity index (χ0v) is 20.4. The van der Waals surface area contributed by atoms with Crippen molar-refractivity contribution < 1.29 is 8.42 Å². The standard InChI is InChI=1S/C26H26ClN3O2S/c1-26(2,3)21-11-13-23(14-12-21)33(31,32)29-28-16-20-18-30(25-10-5-4-9-24(20)25)17-19-7-6-8-22(27)15-19/h4-16,18,29H,17H2,1-3H3/b28-16-. The lowest BCUT2D eigenvalue weighted by Gasteiger charge is -2.19. The number of para-hydroxylation sites is 1. The average Bonchev–Trinajstić information content (AvgIpc) is 3.11. The Kier molecular flexibility index (Phi) is 6.32. The lowest BCUT2D eigenvalue weighted by atomic mass is 9.87. The van der Waals surface area contributed by atoms with E-state index in [0.717, 1.165) is 27.6 Å². The normalized spacial score (nSPS) is 12.5. The van der Waals surface area contributed by atoms with Crippen LogP contribution in [0.25, 0.3) is 10.9 Å². The van der Waals surface area contributed by atoms with E-state index in [-0.39, 0.29) is 10.3 Å². The summed E-state index contributed by atoms with van der Waals surface area (Å²) in [5, 5.41) is 5.72. The Balaban J connectivity index is 1.57. The number of nitrogens with one attached hydrogen (secondary N) is 1. The van der Waals surface area contributed by atoms with Crippen LogP contribution in [0, 0.1) is 0 Å². The third kappa shape index (κ3) is 5.29. The van der Waals surface area contributed by atoms with Gasteiger partial charge in [0.15, 0.2) is 0 Å². The van der Waals surface area contributed by atoms with Crippen LogP contribution in [0.3, 0.4) is 0 Å². The molecular weight excluding hydrogens is 454 g/mol. The van der Waals surface area contributed by atoms with Crippen molar-refractivity contribution in [1.29, 1.82) is 0 Å². The molecule has 3 aromatic carbocycles. The van der Waals surface area contributed by atoms with Crippen LogP contribution in [-0.2, 0) is 22.0 Å². The minimum atomic E-state index is -3.76. The van der Waals surface area contributed by atoms with Crippen molar-refractivity contribution in [3.63, 3.8) is 0 Å². The number of fused-ring (bicyclic) bond motifs is 1. The first-order valence-corrected chi connectivity index (χ1v) is 12.5. The maximum atomic E-state index is 12.7. The summed E-state index contributed by atoms with van der Waals surface area (Å²) in [5.41, 5.74) is 3.94. The number of nitrogens with zero attached hydrogens (tertiary/aromatic N) is 2. The van der Waals surface area contributed by atoms with E-state index in [1.807, 2.05) is 66.9 Å². The number of aromatic nitrogens is 1. The maximum Gasteiger partial charge on any atom is 0.276 e. The monoisotopic (exact) mass is 479 g/mol. The summed E-state index contributed by atoms with van der Waals surface area (Å²) in [4.78, 5) is 2.50. The van der Waals surface area contributed by atoms with Gasteiger partial charge in [0, 0.05) is 34.2 Å². The fourth-order valence-electron chi connectivity index (χ4n) is 3.69. The summed E-state index contributed by atoms with van der Waals surface area (Å²) >= 11 is 6.13. The molecule has 0 aliphatic carbocycles. The highest BCUT2D eigenvalue weighted by atomic mass is 35.5. The molecule has 1 aromatic heterocycles. The lowest BCUT2D eigenvalue weighted by molar-refractivity contribution is 0.580. The molecule has 0 saturated heterocycles. The van der Waals surface area contributed by atoms with Gasteiger partial charge in [0.1, 0.15) is 0 Å². The Labute approximate surface area is 199 Å². The van der Waals surface area contributed by atoms with Crippen molar-refractivity contribution in [2.24, 2.45) is 5.10 Å². The first-order chi connectivity index (χ1) is 15.6. The molecule has 1 heterocycles. The molecule has 5 nitrogen and oxygen atoms in total. The quantitative estimate of drug-likeness (QED) is 0.274. The molecule has 0 aliphatic rings. The van der Waals surface area contributed by atoms with Gasteiger partial charge in [-0.2, -0.15) is 13.5 Å². The molecule has 170 valence electrons. The summed E-state index contributed by atoms with van der Waals surface area (Å²) in [5.74, 6) is 0. The molecule has 0 atom stereocenters. The molecule has 33 heavy (non-hydrogen) atoms. The van der Waals surface area contributed by atoms with E-state index in [2.05, 4.69) is 35.3 Å². The molecule has 0 radical (unpaired) electrons. The number of benzene rings is 3. The van der Waals surface area contributed by atoms with E-state index < -0.39 is 10.0 Å². The third-order valence-electron chi connectivity index (χ3n) is 5.47. The van der Waals surface area contributed by atoms with Crippen LogP contribution in [0.15, 0.2) is 89.0 Å². The van der Waals surface area contributed by atoms with Gasteiger partial charge in [-0.3, -0.25) is 0 Å². The smallest absolute Gasteiger partial charge is 0.276 e. The molecule has 0 fully saturated rings. The molecule has 0 spiro atoms. The van der Waals surface area contributed by atoms with Crippen molar-refractivity contribution in [2.75, 3.05) is 0 Å². The minimum absolute atomic E-state index is 0.0484. The van der Waals surface area contributed by atoms with Crippen molar-refractivity contribution in [1.82, 2.24) is 9.40 Å². The van der Waals surface area contributed by atoms with Gasteiger partial charge in [-0.15, -0.1) is 0 Å². The molecule has 0 bridgehead atoms. The van der Waals surface area contributed by atoms with E-state index in [1.54, 1.807) is 12.1 Å². The van der Waals surface area contributed by atoms with Crippen molar-refractivity contribution in [2.45, 2.75) is 37.6 Å². The number of hydrogen-bond acceptors (Lipinski definition) is 3. The van der Waals surface area contributed by atoms with Crippen LogP contribution in [0.1, 0.15) is 37.5 Å². The van der Waals surface area contributed by atoms with Crippen LogP contribution in [0.5, 0.6) is 0 Å². The second-order valence-electron chi connectivity index (χ2n) is 8.99. The summed E-state index contributed by atoms with van der Waals surface area (Å²) in [6, 6.07) is 22.5. The predicted molar refractivity (Wildman–Crippen MR) is 136 cm³/mol. The predicted octanol–water partition coefficient (Wildman–Crippen LogP) is 5.95. The van der Waals surface area contributed by atoms with Gasteiger partial charge >= 0.3 is 0 Å². The summed E-state index contributed by atoms with van der Waals surface area (Å²) in [7, 11) is -3.76. The highest BCUT2D eigenvalue weighted by molar-refractivity contribution is 7.89. The second-order valence-corrected chi connectivity index (χ2v) is 11.1. The first kappa shape index (κ1) is 23.1. The van der Waals surface area contributed by atoms with Gasteiger partial charge in [0.05, 0.1) is 11.1 Å². The van der Waals surface area contributed by atoms with E-state index in [4.69, 9.17) is 11.6 Å². The molecule has 0 saturated carbocycles. The van der Waals surface area contributed by atoms with Crippen LogP contribution in [0.4, 0.5) is 0 Å². The maximum absolute atomic E-state index is 12.7. The Morgan fingerprint density at radius 3 is 2.42 bits per heavy atom. The largest absolute Gasteiger partial charge is 0.342 e. The van der Waals surface area contributed by atoms with Crippen molar-refractivity contribution >= 4 is 38.7 Å². The summed E-state index contributed by atoms with van der Waals surface area (Å²) in [6.45, 7) is 6.90. The molecule has 0 aliphatic heterocycles. The molecule has 0 unspecified atom stereocenters. The number of rotatable bonds is 6. The molecule has 4 aromatic rings. The highest BCUT2D eigenvalue weighted by Gasteiger charge is 2.17. The number of sulfonamides is 1. The molecule has 7 heteroatoms. The van der Waals surface area contributed by atoms with Crippen LogP contribution >= 0.6 is 11.6 Å². The van der Waals surface area contributed by atoms with Gasteiger partial charge in [0.2, 0.25) is 0 Å². The molecule has 4 rings (SSSR count). The van der Waals surface area contributed by atoms with Crippen LogP contribution in [-0.4, -0.2) is 19.2 Å². The SMILES string of the molecule is CC(C)(C)c1ccc(S(=O)(=O)N/N=C\c2cn(Cc3cccc(Cl)c3)c3ccccc23)cc1. The van der Waals surface area contributed by atoms with Crippen molar-refractivity contribution in [3.05, 3.63) is 101 Å². The van der Waals surface area contributed by atoms with Gasteiger partial charge in [-0.25, -0.2) is 4.83 Å². The highest BCUT2D eigenvalue weighted by Crippen LogP contribution is 2.24. The minimum Gasteiger partial charge on any atom is -0.342 e. The molecule has 0 amide bonds. The Hall–Kier alpha value is -3.09. The molecule has 1 N–H and O–H groups in total. The van der Waals surface area contributed by atoms with Gasteiger partial charge in [0.25, 0.3) is 10.0 Å². The second kappa shape index (κ2) is 9.04. The fraction of sp³-hybridized carbons (Fsp3) is 0.192. The summed E-state index contributed by atoms with van der Waals surface area (Å²) in [6.07, 6.45) is 3.50. The van der Waals surface area contributed by atoms with Crippen molar-refractivity contribution in [3.8, 4) is 0 Å². The zero-order chi connectivity index (χ0) is 23.6. The Morgan fingerprint density at radius 2 is 1.73 bits per heavy atom. The lowest BCUT2D eigenvalue weighted by Crippen LogP contribution is -2.19. The van der Waals surface area contributed by atoms with E-state index >= 15 is 0 Å². The number of halogens is 1. The Bertz CT molecular complexity index is 1420. The zero-order valence-electron chi connectivity index (χ0n) is 18.8. The van der Waals surface area contributed by atoms with Gasteiger partial charge in [-0.05, 0) is 46.9 Å². The topological polar surface area (TPSA) is 63.5 Å². The van der Waals surface area contributed by atoms with Crippen LogP contribution < -0.4 is 4.83 Å². The first-order valence-electron chi connectivity index (χ1n) is 10.6. The van der Waals surface area contributed by atoms with E-state index in [0.29, 0.717) is 11.6 Å². The number of hydrogen-bond donors (Lipinski definition) is 1. The summed E-state index contributed by atoms with van der Waals surface area (Å²) < 4.78 is 27.5.